The van der Waals surface area contributed by atoms with Gasteiger partial charge in [-0.3, -0.25) is 9.79 Å². The summed E-state index contributed by atoms with van der Waals surface area (Å²) in [6.07, 6.45) is 3.11. The smallest absolute Gasteiger partial charge is 0.225 e. The van der Waals surface area contributed by atoms with E-state index in [1.807, 2.05) is 37.8 Å². The summed E-state index contributed by atoms with van der Waals surface area (Å²) in [6.45, 7) is 8.94. The summed E-state index contributed by atoms with van der Waals surface area (Å²) in [6, 6.07) is 7.05. The van der Waals surface area contributed by atoms with Crippen LogP contribution in [0.4, 0.5) is 4.39 Å². The zero-order valence-corrected chi connectivity index (χ0v) is 19.3. The van der Waals surface area contributed by atoms with Crippen molar-refractivity contribution >= 4 is 35.8 Å². The van der Waals surface area contributed by atoms with Crippen molar-refractivity contribution < 1.29 is 9.18 Å². The summed E-state index contributed by atoms with van der Waals surface area (Å²) in [5.41, 5.74) is 1.21. The molecule has 1 saturated carbocycles. The molecule has 1 amide bonds. The maximum atomic E-state index is 13.2. The van der Waals surface area contributed by atoms with Crippen molar-refractivity contribution in [2.75, 3.05) is 26.2 Å². The molecule has 0 spiro atoms. The maximum absolute atomic E-state index is 13.2. The van der Waals surface area contributed by atoms with Crippen molar-refractivity contribution in [1.29, 1.82) is 0 Å². The van der Waals surface area contributed by atoms with Crippen molar-refractivity contribution in [3.8, 4) is 0 Å². The van der Waals surface area contributed by atoms with Gasteiger partial charge in [0.2, 0.25) is 5.91 Å². The molecule has 1 aliphatic heterocycles. The summed E-state index contributed by atoms with van der Waals surface area (Å²) in [4.78, 5) is 18.9. The van der Waals surface area contributed by atoms with Crippen LogP contribution < -0.4 is 10.6 Å². The van der Waals surface area contributed by atoms with Crippen molar-refractivity contribution in [2.24, 2.45) is 10.9 Å². The largest absolute Gasteiger partial charge is 0.357 e. The first-order chi connectivity index (χ1) is 12.9. The Bertz CT molecular complexity index is 688. The lowest BCUT2D eigenvalue weighted by Crippen LogP contribution is -2.45. The number of carbonyl (C=O) groups excluding carboxylic acids is 1. The predicted octanol–water partition coefficient (Wildman–Crippen LogP) is 3.29. The van der Waals surface area contributed by atoms with Crippen molar-refractivity contribution in [2.45, 2.75) is 51.5 Å². The predicted molar refractivity (Wildman–Crippen MR) is 122 cm³/mol. The first-order valence-corrected chi connectivity index (χ1v) is 10.0. The molecule has 156 valence electrons. The average molecular weight is 502 g/mol. The summed E-state index contributed by atoms with van der Waals surface area (Å²) < 4.78 is 13.2. The number of amides is 1. The van der Waals surface area contributed by atoms with Gasteiger partial charge in [0.1, 0.15) is 5.82 Å². The number of nitrogens with one attached hydrogen (secondary N) is 2. The van der Waals surface area contributed by atoms with Crippen LogP contribution in [0.3, 0.4) is 0 Å². The second kappa shape index (κ2) is 9.89. The second-order valence-electron chi connectivity index (χ2n) is 8.05. The summed E-state index contributed by atoms with van der Waals surface area (Å²) in [7, 11) is 0. The molecule has 0 radical (unpaired) electrons. The normalized spacial score (nSPS) is 20.7. The molecule has 28 heavy (non-hydrogen) atoms. The lowest BCUT2D eigenvalue weighted by molar-refractivity contribution is -0.133. The molecule has 0 aromatic heterocycles. The molecule has 1 aromatic rings. The van der Waals surface area contributed by atoms with Crippen LogP contribution in [0.1, 0.15) is 45.6 Å². The number of aliphatic imine (C=N–C) groups is 1. The lowest BCUT2D eigenvalue weighted by atomic mass is 9.96. The Kier molecular flexibility index (Phi) is 8.09. The Balaban J connectivity index is 0.00000280. The van der Waals surface area contributed by atoms with E-state index in [1.165, 1.54) is 12.1 Å². The topological polar surface area (TPSA) is 56.7 Å². The molecule has 2 aliphatic rings. The Morgan fingerprint density at radius 2 is 2.00 bits per heavy atom. The van der Waals surface area contributed by atoms with Gasteiger partial charge in [-0.2, -0.15) is 0 Å². The molecule has 7 heteroatoms. The highest BCUT2D eigenvalue weighted by Crippen LogP contribution is 2.48. The SMILES string of the molecule is CCNC(=NCC1(c2ccc(F)cc2)CC1)NC1CCN(C(=O)C(C)C)C1.I. The van der Waals surface area contributed by atoms with Gasteiger partial charge in [0, 0.05) is 37.0 Å². The standard InChI is InChI=1S/C21H31FN4O.HI/c1-4-23-20(25-18-9-12-26(13-18)19(27)15(2)3)24-14-21(10-11-21)16-5-7-17(22)8-6-16;/h5-8,15,18H,4,9-14H2,1-3H3,(H2,23,24,25);1H. The lowest BCUT2D eigenvalue weighted by Gasteiger charge is -2.21. The summed E-state index contributed by atoms with van der Waals surface area (Å²) >= 11 is 0. The number of hydrogen-bond acceptors (Lipinski definition) is 2. The number of halogens is 2. The van der Waals surface area contributed by atoms with Crippen LogP contribution in [0.25, 0.3) is 0 Å². The molecule has 1 atom stereocenters. The van der Waals surface area contributed by atoms with E-state index in [-0.39, 0.29) is 53.1 Å². The molecule has 1 saturated heterocycles. The highest BCUT2D eigenvalue weighted by molar-refractivity contribution is 14.0. The third-order valence-electron chi connectivity index (χ3n) is 5.53. The molecule has 0 bridgehead atoms. The number of guanidine groups is 1. The van der Waals surface area contributed by atoms with Gasteiger partial charge >= 0.3 is 0 Å². The minimum Gasteiger partial charge on any atom is -0.357 e. The highest BCUT2D eigenvalue weighted by Gasteiger charge is 2.44. The van der Waals surface area contributed by atoms with Gasteiger partial charge in [-0.15, -0.1) is 24.0 Å². The van der Waals surface area contributed by atoms with Crippen LogP contribution in [0.2, 0.25) is 0 Å². The number of nitrogens with zero attached hydrogens (tertiary/aromatic N) is 2. The Hall–Kier alpha value is -1.38. The van der Waals surface area contributed by atoms with E-state index in [4.69, 9.17) is 4.99 Å². The molecule has 5 nitrogen and oxygen atoms in total. The van der Waals surface area contributed by atoms with Gasteiger partial charge < -0.3 is 15.5 Å². The van der Waals surface area contributed by atoms with E-state index >= 15 is 0 Å². The fourth-order valence-electron chi connectivity index (χ4n) is 3.68. The molecule has 1 heterocycles. The first-order valence-electron chi connectivity index (χ1n) is 10.0. The van der Waals surface area contributed by atoms with Gasteiger partial charge in [0.15, 0.2) is 5.96 Å². The fourth-order valence-corrected chi connectivity index (χ4v) is 3.68. The Labute approximate surface area is 184 Å². The van der Waals surface area contributed by atoms with Crippen LogP contribution in [0.5, 0.6) is 0 Å². The third kappa shape index (κ3) is 5.58. The van der Waals surface area contributed by atoms with E-state index < -0.39 is 0 Å². The van der Waals surface area contributed by atoms with Gasteiger partial charge in [0.25, 0.3) is 0 Å². The average Bonchev–Trinajstić information content (AvgIpc) is 3.30. The zero-order valence-electron chi connectivity index (χ0n) is 17.0. The van der Waals surface area contributed by atoms with Crippen molar-refractivity contribution in [3.63, 3.8) is 0 Å². The number of likely N-dealkylation sites (tertiary alicyclic amines) is 1. The minimum absolute atomic E-state index is 0. The summed E-state index contributed by atoms with van der Waals surface area (Å²) in [5.74, 6) is 0.857. The van der Waals surface area contributed by atoms with Gasteiger partial charge in [-0.05, 0) is 43.9 Å². The zero-order chi connectivity index (χ0) is 19.4. The van der Waals surface area contributed by atoms with Gasteiger partial charge in [0.05, 0.1) is 6.54 Å². The number of benzene rings is 1. The van der Waals surface area contributed by atoms with E-state index in [0.29, 0.717) is 6.54 Å². The Morgan fingerprint density at radius 3 is 2.57 bits per heavy atom. The van der Waals surface area contributed by atoms with E-state index in [9.17, 15) is 9.18 Å². The second-order valence-corrected chi connectivity index (χ2v) is 8.05. The molecular weight excluding hydrogens is 470 g/mol. The van der Waals surface area contributed by atoms with Crippen LogP contribution in [-0.2, 0) is 10.2 Å². The van der Waals surface area contributed by atoms with Crippen LogP contribution in [0.15, 0.2) is 29.3 Å². The van der Waals surface area contributed by atoms with Crippen LogP contribution in [-0.4, -0.2) is 49.0 Å². The molecule has 3 rings (SSSR count). The molecule has 1 aromatic carbocycles. The number of rotatable bonds is 6. The maximum Gasteiger partial charge on any atom is 0.225 e. The highest BCUT2D eigenvalue weighted by atomic mass is 127. The van der Waals surface area contributed by atoms with Gasteiger partial charge in [-0.25, -0.2) is 4.39 Å². The molecule has 2 N–H and O–H groups in total. The third-order valence-corrected chi connectivity index (χ3v) is 5.53. The quantitative estimate of drug-likeness (QED) is 0.357. The van der Waals surface area contributed by atoms with Gasteiger partial charge in [-0.1, -0.05) is 26.0 Å². The molecule has 1 unspecified atom stereocenters. The molecule has 2 fully saturated rings. The molecule has 1 aliphatic carbocycles. The number of hydrogen-bond donors (Lipinski definition) is 2. The first kappa shape index (κ1) is 22.9. The van der Waals surface area contributed by atoms with Crippen molar-refractivity contribution in [1.82, 2.24) is 15.5 Å². The van der Waals surface area contributed by atoms with Crippen LogP contribution in [0, 0.1) is 11.7 Å². The minimum atomic E-state index is -0.199. The Morgan fingerprint density at radius 1 is 1.32 bits per heavy atom. The van der Waals surface area contributed by atoms with Crippen molar-refractivity contribution in [3.05, 3.63) is 35.6 Å². The monoisotopic (exact) mass is 502 g/mol. The van der Waals surface area contributed by atoms with Crippen LogP contribution >= 0.6 is 24.0 Å². The van der Waals surface area contributed by atoms with E-state index in [0.717, 1.165) is 50.4 Å². The van der Waals surface area contributed by atoms with E-state index in [1.54, 1.807) is 0 Å². The summed E-state index contributed by atoms with van der Waals surface area (Å²) in [5, 5.41) is 6.80. The number of carbonyl (C=O) groups is 1. The fraction of sp³-hybridized carbons (Fsp3) is 0.619. The van der Waals surface area contributed by atoms with E-state index in [2.05, 4.69) is 10.6 Å². The molecular formula is C21H32FIN4O.